The van der Waals surface area contributed by atoms with E-state index in [1.54, 1.807) is 24.5 Å². The van der Waals surface area contributed by atoms with Crippen molar-refractivity contribution in [1.82, 2.24) is 4.98 Å². The van der Waals surface area contributed by atoms with Crippen LogP contribution in [0.15, 0.2) is 57.8 Å². The molecule has 118 valence electrons. The minimum absolute atomic E-state index is 0.160. The van der Waals surface area contributed by atoms with Gasteiger partial charge in [0.25, 0.3) is 0 Å². The van der Waals surface area contributed by atoms with Crippen LogP contribution in [0.2, 0.25) is 0 Å². The zero-order chi connectivity index (χ0) is 16.7. The zero-order valence-electron chi connectivity index (χ0n) is 12.6. The number of carboxylic acids is 1. The topological polar surface area (TPSA) is 84.1 Å². The van der Waals surface area contributed by atoms with E-state index in [2.05, 4.69) is 15.1 Å². The predicted octanol–water partition coefficient (Wildman–Crippen LogP) is 2.93. The first-order chi connectivity index (χ1) is 11.2. The van der Waals surface area contributed by atoms with Gasteiger partial charge in [0.1, 0.15) is 12.1 Å². The summed E-state index contributed by atoms with van der Waals surface area (Å²) in [5.41, 5.74) is 1.56. The number of amidine groups is 1. The largest absolute Gasteiger partial charge is 0.478 e. The van der Waals surface area contributed by atoms with Gasteiger partial charge in [-0.05, 0) is 30.5 Å². The summed E-state index contributed by atoms with van der Waals surface area (Å²) in [5.74, 6) is -0.726. The van der Waals surface area contributed by atoms with Crippen LogP contribution in [0.4, 0.5) is 0 Å². The molecule has 7 heteroatoms. The highest BCUT2D eigenvalue weighted by atomic mass is 32.2. The van der Waals surface area contributed by atoms with Gasteiger partial charge in [-0.1, -0.05) is 17.3 Å². The van der Waals surface area contributed by atoms with Crippen LogP contribution in [-0.2, 0) is 4.84 Å². The van der Waals surface area contributed by atoms with E-state index in [9.17, 15) is 4.79 Å². The SMILES string of the molecule is CO/N=C(\N=C\c1cccnc1SC)c1cccc(C(=O)O)c1. The number of aromatic nitrogens is 1. The fraction of sp³-hybridized carbons (Fsp3) is 0.125. The number of carbonyl (C=O) groups is 1. The Kier molecular flexibility index (Phi) is 5.87. The van der Waals surface area contributed by atoms with E-state index in [0.29, 0.717) is 5.56 Å². The number of aliphatic imine (C=N–C) groups is 1. The molecule has 2 rings (SSSR count). The van der Waals surface area contributed by atoms with Crippen molar-refractivity contribution in [3.05, 3.63) is 59.3 Å². The molecular formula is C16H15N3O3S. The Hall–Kier alpha value is -2.67. The Balaban J connectivity index is 2.36. The van der Waals surface area contributed by atoms with Crippen LogP contribution in [0.5, 0.6) is 0 Å². The normalized spacial score (nSPS) is 11.7. The molecule has 0 unspecified atom stereocenters. The highest BCUT2D eigenvalue weighted by Crippen LogP contribution is 2.15. The molecule has 0 bridgehead atoms. The lowest BCUT2D eigenvalue weighted by Crippen LogP contribution is -2.03. The molecule has 0 radical (unpaired) electrons. The number of thioether (sulfide) groups is 1. The molecule has 0 atom stereocenters. The Morgan fingerprint density at radius 2 is 2.09 bits per heavy atom. The summed E-state index contributed by atoms with van der Waals surface area (Å²) >= 11 is 1.51. The van der Waals surface area contributed by atoms with Gasteiger partial charge < -0.3 is 9.94 Å². The smallest absolute Gasteiger partial charge is 0.335 e. The van der Waals surface area contributed by atoms with E-state index in [4.69, 9.17) is 9.94 Å². The summed E-state index contributed by atoms with van der Waals surface area (Å²) < 4.78 is 0. The maximum Gasteiger partial charge on any atom is 0.335 e. The molecule has 0 spiro atoms. The maximum atomic E-state index is 11.1. The third-order valence-corrected chi connectivity index (χ3v) is 3.59. The summed E-state index contributed by atoms with van der Waals surface area (Å²) in [6, 6.07) is 10.1. The van der Waals surface area contributed by atoms with Crippen LogP contribution in [0, 0.1) is 0 Å². The lowest BCUT2D eigenvalue weighted by molar-refractivity contribution is 0.0697. The number of hydrogen-bond acceptors (Lipinski definition) is 5. The van der Waals surface area contributed by atoms with Crippen LogP contribution in [0.1, 0.15) is 21.5 Å². The Morgan fingerprint density at radius 1 is 1.30 bits per heavy atom. The molecule has 0 aliphatic heterocycles. The second kappa shape index (κ2) is 8.09. The molecule has 1 aromatic carbocycles. The van der Waals surface area contributed by atoms with Crippen molar-refractivity contribution in [2.45, 2.75) is 5.03 Å². The molecule has 0 fully saturated rings. The van der Waals surface area contributed by atoms with Crippen molar-refractivity contribution in [1.29, 1.82) is 0 Å². The minimum atomic E-state index is -1.01. The van der Waals surface area contributed by atoms with Gasteiger partial charge in [-0.2, -0.15) is 0 Å². The molecule has 0 amide bonds. The Bertz CT molecular complexity index is 760. The second-order valence-electron chi connectivity index (χ2n) is 4.34. The maximum absolute atomic E-state index is 11.1. The summed E-state index contributed by atoms with van der Waals surface area (Å²) in [6.45, 7) is 0. The molecule has 23 heavy (non-hydrogen) atoms. The second-order valence-corrected chi connectivity index (χ2v) is 5.14. The number of hydrogen-bond donors (Lipinski definition) is 1. The molecule has 0 saturated heterocycles. The van der Waals surface area contributed by atoms with E-state index in [1.165, 1.54) is 31.0 Å². The summed E-state index contributed by atoms with van der Waals surface area (Å²) in [6.07, 6.45) is 5.27. The molecule has 0 aliphatic carbocycles. The number of oxime groups is 1. The van der Waals surface area contributed by atoms with Crippen molar-refractivity contribution >= 4 is 29.8 Å². The fourth-order valence-electron chi connectivity index (χ4n) is 1.83. The average Bonchev–Trinajstić information content (AvgIpc) is 2.59. The fourth-order valence-corrected chi connectivity index (χ4v) is 2.35. The third-order valence-electron chi connectivity index (χ3n) is 2.87. The molecule has 1 heterocycles. The highest BCUT2D eigenvalue weighted by Gasteiger charge is 2.08. The van der Waals surface area contributed by atoms with Gasteiger partial charge in [-0.25, -0.2) is 14.8 Å². The number of pyridine rings is 1. The van der Waals surface area contributed by atoms with E-state index in [-0.39, 0.29) is 11.4 Å². The van der Waals surface area contributed by atoms with E-state index < -0.39 is 5.97 Å². The summed E-state index contributed by atoms with van der Waals surface area (Å²) in [7, 11) is 1.41. The van der Waals surface area contributed by atoms with Crippen molar-refractivity contribution < 1.29 is 14.7 Å². The lowest BCUT2D eigenvalue weighted by Gasteiger charge is -2.03. The lowest BCUT2D eigenvalue weighted by atomic mass is 10.1. The zero-order valence-corrected chi connectivity index (χ0v) is 13.4. The van der Waals surface area contributed by atoms with Crippen LogP contribution in [-0.4, -0.2) is 41.5 Å². The number of rotatable bonds is 5. The van der Waals surface area contributed by atoms with Gasteiger partial charge in [0, 0.05) is 23.5 Å². The first-order valence-electron chi connectivity index (χ1n) is 6.63. The quantitative estimate of drug-likeness (QED) is 0.394. The number of carboxylic acid groups (broad SMARTS) is 1. The standard InChI is InChI=1S/C16H15N3O3S/c1-22-19-14(11-5-3-6-12(9-11)16(20)21)18-10-13-7-4-8-17-15(13)23-2/h3-10H,1-2H3,(H,20,21)/b18-10+,19-14-. The predicted molar refractivity (Wildman–Crippen MR) is 90.6 cm³/mol. The van der Waals surface area contributed by atoms with Gasteiger partial charge in [-0.3, -0.25) is 0 Å². The first-order valence-corrected chi connectivity index (χ1v) is 7.86. The van der Waals surface area contributed by atoms with Crippen LogP contribution in [0.25, 0.3) is 0 Å². The Morgan fingerprint density at radius 3 is 2.78 bits per heavy atom. The number of benzene rings is 1. The molecule has 6 nitrogen and oxygen atoms in total. The van der Waals surface area contributed by atoms with E-state index in [0.717, 1.165) is 10.6 Å². The highest BCUT2D eigenvalue weighted by molar-refractivity contribution is 7.98. The summed E-state index contributed by atoms with van der Waals surface area (Å²) in [5, 5.41) is 13.8. The van der Waals surface area contributed by atoms with Crippen molar-refractivity contribution in [2.75, 3.05) is 13.4 Å². The average molecular weight is 329 g/mol. The minimum Gasteiger partial charge on any atom is -0.478 e. The van der Waals surface area contributed by atoms with Gasteiger partial charge in [0.05, 0.1) is 5.56 Å². The van der Waals surface area contributed by atoms with E-state index in [1.807, 2.05) is 18.4 Å². The number of aromatic carboxylic acids is 1. The van der Waals surface area contributed by atoms with Gasteiger partial charge in [0.2, 0.25) is 0 Å². The number of nitrogens with zero attached hydrogens (tertiary/aromatic N) is 3. The van der Waals surface area contributed by atoms with Crippen LogP contribution < -0.4 is 0 Å². The first kappa shape index (κ1) is 16.7. The van der Waals surface area contributed by atoms with Gasteiger partial charge in [0.15, 0.2) is 5.84 Å². The third kappa shape index (κ3) is 4.40. The van der Waals surface area contributed by atoms with Crippen molar-refractivity contribution in [3.63, 3.8) is 0 Å². The molecular weight excluding hydrogens is 314 g/mol. The van der Waals surface area contributed by atoms with Crippen molar-refractivity contribution in [2.24, 2.45) is 10.1 Å². The molecule has 1 aromatic heterocycles. The van der Waals surface area contributed by atoms with Gasteiger partial charge in [-0.15, -0.1) is 11.8 Å². The van der Waals surface area contributed by atoms with E-state index >= 15 is 0 Å². The molecule has 1 N–H and O–H groups in total. The van der Waals surface area contributed by atoms with Crippen LogP contribution >= 0.6 is 11.8 Å². The van der Waals surface area contributed by atoms with Crippen molar-refractivity contribution in [3.8, 4) is 0 Å². The summed E-state index contributed by atoms with van der Waals surface area (Å²) in [4.78, 5) is 24.5. The van der Waals surface area contributed by atoms with Crippen LogP contribution in [0.3, 0.4) is 0 Å². The molecule has 0 aliphatic rings. The molecule has 0 saturated carbocycles. The Labute approximate surface area is 137 Å². The monoisotopic (exact) mass is 329 g/mol. The molecule has 2 aromatic rings. The van der Waals surface area contributed by atoms with Gasteiger partial charge >= 0.3 is 5.97 Å².